The molecule has 0 radical (unpaired) electrons. The summed E-state index contributed by atoms with van der Waals surface area (Å²) in [6.07, 6.45) is 2.42. The Balaban J connectivity index is 2.02. The predicted octanol–water partition coefficient (Wildman–Crippen LogP) is 3.70. The summed E-state index contributed by atoms with van der Waals surface area (Å²) in [5, 5.41) is 3.89. The highest BCUT2D eigenvalue weighted by Gasteiger charge is 2.20. The molecule has 27 heavy (non-hydrogen) atoms. The average Bonchev–Trinajstić information content (AvgIpc) is 3.15. The molecule has 1 amide bonds. The summed E-state index contributed by atoms with van der Waals surface area (Å²) in [6, 6.07) is 8.54. The summed E-state index contributed by atoms with van der Waals surface area (Å²) < 4.78 is 6.92. The minimum absolute atomic E-state index is 0.0909. The van der Waals surface area contributed by atoms with Gasteiger partial charge in [-0.1, -0.05) is 30.3 Å². The first-order chi connectivity index (χ1) is 13.0. The molecule has 142 valence electrons. The molecule has 1 aromatic carbocycles. The number of fused-ring (bicyclic) bond motifs is 1. The van der Waals surface area contributed by atoms with Gasteiger partial charge in [-0.25, -0.2) is 4.98 Å². The Bertz CT molecular complexity index is 1000. The lowest BCUT2D eigenvalue weighted by Gasteiger charge is -2.15. The molecule has 0 saturated carbocycles. The van der Waals surface area contributed by atoms with Crippen LogP contribution >= 0.6 is 23.4 Å². The lowest BCUT2D eigenvalue weighted by Crippen LogP contribution is -2.32. The average molecular weight is 406 g/mol. The second kappa shape index (κ2) is 8.63. The van der Waals surface area contributed by atoms with Crippen LogP contribution in [0.25, 0.3) is 10.9 Å². The SMILES string of the molecule is CCCNC(=O)[C@H](C)Sc1nc2cc(Cl)ccc2c(=O)n1Cc1ccco1. The van der Waals surface area contributed by atoms with E-state index in [4.69, 9.17) is 16.0 Å². The highest BCUT2D eigenvalue weighted by Crippen LogP contribution is 2.24. The van der Waals surface area contributed by atoms with Crippen LogP contribution in [0, 0.1) is 0 Å². The van der Waals surface area contributed by atoms with Crippen LogP contribution in [-0.4, -0.2) is 27.3 Å². The first kappa shape index (κ1) is 19.5. The molecule has 6 nitrogen and oxygen atoms in total. The number of hydrogen-bond donors (Lipinski definition) is 1. The van der Waals surface area contributed by atoms with Gasteiger partial charge in [-0.2, -0.15) is 0 Å². The maximum absolute atomic E-state index is 13.0. The smallest absolute Gasteiger partial charge is 0.262 e. The molecular weight excluding hydrogens is 386 g/mol. The largest absolute Gasteiger partial charge is 0.467 e. The summed E-state index contributed by atoms with van der Waals surface area (Å²) in [5.41, 5.74) is 0.309. The number of furan rings is 1. The van der Waals surface area contributed by atoms with E-state index in [9.17, 15) is 9.59 Å². The lowest BCUT2D eigenvalue weighted by molar-refractivity contribution is -0.120. The molecule has 3 rings (SSSR count). The van der Waals surface area contributed by atoms with Crippen LogP contribution in [0.2, 0.25) is 5.02 Å². The van der Waals surface area contributed by atoms with Gasteiger partial charge in [0.2, 0.25) is 5.91 Å². The Morgan fingerprint density at radius 2 is 2.22 bits per heavy atom. The molecule has 0 spiro atoms. The Hall–Kier alpha value is -2.25. The van der Waals surface area contributed by atoms with E-state index in [-0.39, 0.29) is 18.0 Å². The third kappa shape index (κ3) is 4.54. The van der Waals surface area contributed by atoms with Crippen LogP contribution in [0.1, 0.15) is 26.0 Å². The summed E-state index contributed by atoms with van der Waals surface area (Å²) in [7, 11) is 0. The Morgan fingerprint density at radius 1 is 1.41 bits per heavy atom. The number of carbonyl (C=O) groups is 1. The van der Waals surface area contributed by atoms with Gasteiger partial charge < -0.3 is 9.73 Å². The van der Waals surface area contributed by atoms with Crippen LogP contribution in [0.15, 0.2) is 51.0 Å². The van der Waals surface area contributed by atoms with Crippen LogP contribution in [0.5, 0.6) is 0 Å². The molecule has 0 unspecified atom stereocenters. The molecule has 0 bridgehead atoms. The maximum atomic E-state index is 13.0. The standard InChI is InChI=1S/C19H20ClN3O3S/c1-3-8-21-17(24)12(2)27-19-22-16-10-13(20)6-7-15(16)18(25)23(19)11-14-5-4-9-26-14/h4-7,9-10,12H,3,8,11H2,1-2H3,(H,21,24)/t12-/m0/s1. The zero-order valence-electron chi connectivity index (χ0n) is 15.1. The second-order valence-electron chi connectivity index (χ2n) is 6.08. The summed E-state index contributed by atoms with van der Waals surface area (Å²) >= 11 is 7.30. The molecule has 1 N–H and O–H groups in total. The molecule has 0 aliphatic heterocycles. The van der Waals surface area contributed by atoms with Crippen molar-refractivity contribution in [1.29, 1.82) is 0 Å². The number of amides is 1. The molecule has 3 aromatic rings. The minimum Gasteiger partial charge on any atom is -0.467 e. The van der Waals surface area contributed by atoms with E-state index in [0.717, 1.165) is 6.42 Å². The van der Waals surface area contributed by atoms with E-state index in [1.807, 2.05) is 6.92 Å². The molecule has 0 saturated heterocycles. The van der Waals surface area contributed by atoms with E-state index in [0.29, 0.717) is 33.4 Å². The van der Waals surface area contributed by atoms with Gasteiger partial charge in [-0.15, -0.1) is 0 Å². The van der Waals surface area contributed by atoms with Crippen molar-refractivity contribution in [2.24, 2.45) is 0 Å². The van der Waals surface area contributed by atoms with Gasteiger partial charge in [0.05, 0.1) is 29.0 Å². The Morgan fingerprint density at radius 3 is 2.93 bits per heavy atom. The number of hydrogen-bond acceptors (Lipinski definition) is 5. The molecule has 0 fully saturated rings. The molecule has 2 aromatic heterocycles. The molecule has 8 heteroatoms. The van der Waals surface area contributed by atoms with Crippen molar-refractivity contribution in [2.75, 3.05) is 6.54 Å². The van der Waals surface area contributed by atoms with Crippen molar-refractivity contribution < 1.29 is 9.21 Å². The van der Waals surface area contributed by atoms with Crippen LogP contribution in [0.4, 0.5) is 0 Å². The quantitative estimate of drug-likeness (QED) is 0.479. The van der Waals surface area contributed by atoms with E-state index in [2.05, 4.69) is 10.3 Å². The van der Waals surface area contributed by atoms with E-state index >= 15 is 0 Å². The van der Waals surface area contributed by atoms with Gasteiger partial charge in [0.15, 0.2) is 5.16 Å². The van der Waals surface area contributed by atoms with Gasteiger partial charge in [0.1, 0.15) is 5.76 Å². The Labute approximate surface area is 165 Å². The first-order valence-electron chi connectivity index (χ1n) is 8.66. The number of rotatable bonds is 7. The van der Waals surface area contributed by atoms with Crippen molar-refractivity contribution in [1.82, 2.24) is 14.9 Å². The maximum Gasteiger partial charge on any atom is 0.262 e. The summed E-state index contributed by atoms with van der Waals surface area (Å²) in [5.74, 6) is 0.545. The van der Waals surface area contributed by atoms with E-state index in [1.54, 1.807) is 43.5 Å². The zero-order chi connectivity index (χ0) is 19.4. The predicted molar refractivity (Wildman–Crippen MR) is 107 cm³/mol. The minimum atomic E-state index is -0.400. The van der Waals surface area contributed by atoms with Crippen LogP contribution in [-0.2, 0) is 11.3 Å². The monoisotopic (exact) mass is 405 g/mol. The van der Waals surface area contributed by atoms with Gasteiger partial charge in [0, 0.05) is 11.6 Å². The van der Waals surface area contributed by atoms with Gasteiger partial charge in [0.25, 0.3) is 5.56 Å². The molecule has 1 atom stereocenters. The number of carbonyl (C=O) groups excluding carboxylic acids is 1. The number of aromatic nitrogens is 2. The highest BCUT2D eigenvalue weighted by atomic mass is 35.5. The van der Waals surface area contributed by atoms with Crippen LogP contribution < -0.4 is 10.9 Å². The van der Waals surface area contributed by atoms with Crippen molar-refractivity contribution in [3.8, 4) is 0 Å². The molecule has 0 aliphatic rings. The first-order valence-corrected chi connectivity index (χ1v) is 9.92. The Kier molecular flexibility index (Phi) is 6.23. The number of benzene rings is 1. The van der Waals surface area contributed by atoms with E-state index < -0.39 is 5.25 Å². The normalized spacial score (nSPS) is 12.3. The number of nitrogens with one attached hydrogen (secondary N) is 1. The summed E-state index contributed by atoms with van der Waals surface area (Å²) in [6.45, 7) is 4.64. The van der Waals surface area contributed by atoms with Crippen LogP contribution in [0.3, 0.4) is 0 Å². The fourth-order valence-corrected chi connectivity index (χ4v) is 3.66. The fraction of sp³-hybridized carbons (Fsp3) is 0.316. The van der Waals surface area contributed by atoms with Gasteiger partial charge in [-0.05, 0) is 43.7 Å². The van der Waals surface area contributed by atoms with Crippen molar-refractivity contribution in [3.05, 3.63) is 57.7 Å². The number of nitrogens with zero attached hydrogens (tertiary/aromatic N) is 2. The third-order valence-corrected chi connectivity index (χ3v) is 5.30. The molecule has 2 heterocycles. The summed E-state index contributed by atoms with van der Waals surface area (Å²) in [4.78, 5) is 29.9. The zero-order valence-corrected chi connectivity index (χ0v) is 16.6. The lowest BCUT2D eigenvalue weighted by atomic mass is 10.2. The highest BCUT2D eigenvalue weighted by molar-refractivity contribution is 8.00. The number of halogens is 1. The number of thioether (sulfide) groups is 1. The van der Waals surface area contributed by atoms with Crippen molar-refractivity contribution in [2.45, 2.75) is 37.2 Å². The van der Waals surface area contributed by atoms with E-state index in [1.165, 1.54) is 16.3 Å². The second-order valence-corrected chi connectivity index (χ2v) is 7.82. The van der Waals surface area contributed by atoms with Crippen molar-refractivity contribution >= 4 is 40.2 Å². The van der Waals surface area contributed by atoms with Crippen molar-refractivity contribution in [3.63, 3.8) is 0 Å². The van der Waals surface area contributed by atoms with Gasteiger partial charge in [-0.3, -0.25) is 14.2 Å². The fourth-order valence-electron chi connectivity index (χ4n) is 2.57. The van der Waals surface area contributed by atoms with Gasteiger partial charge >= 0.3 is 0 Å². The third-order valence-electron chi connectivity index (χ3n) is 3.98. The molecular formula is C19H20ClN3O3S. The molecule has 0 aliphatic carbocycles. The topological polar surface area (TPSA) is 77.1 Å².